The molecule has 0 aliphatic rings. The van der Waals surface area contributed by atoms with Crippen LogP contribution < -0.4 is 10.1 Å². The lowest BCUT2D eigenvalue weighted by Crippen LogP contribution is -2.19. The fraction of sp³-hybridized carbons (Fsp3) is 0.214. The Morgan fingerprint density at radius 2 is 1.89 bits per heavy atom. The zero-order valence-electron chi connectivity index (χ0n) is 10.7. The van der Waals surface area contributed by atoms with Crippen LogP contribution in [0.1, 0.15) is 17.2 Å². The highest BCUT2D eigenvalue weighted by atomic mass is 19.1. The average Bonchev–Trinajstić information content (AvgIpc) is 2.39. The molecule has 0 saturated heterocycles. The Balaban J connectivity index is 2.49. The van der Waals surface area contributed by atoms with Gasteiger partial charge < -0.3 is 10.1 Å². The molecular formula is C14H14F2N2O. The lowest BCUT2D eigenvalue weighted by atomic mass is 9.99. The molecule has 0 aliphatic carbocycles. The van der Waals surface area contributed by atoms with Crippen LogP contribution in [0.3, 0.4) is 0 Å². The summed E-state index contributed by atoms with van der Waals surface area (Å²) in [5.41, 5.74) is 1.20. The SMILES string of the molecule is CNC(c1cc(F)cc(F)c1)c1cccnc1OC. The van der Waals surface area contributed by atoms with E-state index in [1.165, 1.54) is 19.2 Å². The van der Waals surface area contributed by atoms with Gasteiger partial charge in [-0.3, -0.25) is 0 Å². The standard InChI is InChI=1S/C14H14F2N2O/c1-17-13(9-6-10(15)8-11(16)7-9)12-4-3-5-18-14(12)19-2/h3-8,13,17H,1-2H3. The van der Waals surface area contributed by atoms with Gasteiger partial charge in [-0.2, -0.15) is 0 Å². The second kappa shape index (κ2) is 5.75. The fourth-order valence-corrected chi connectivity index (χ4v) is 2.04. The van der Waals surface area contributed by atoms with Gasteiger partial charge in [-0.15, -0.1) is 0 Å². The third-order valence-corrected chi connectivity index (χ3v) is 2.81. The van der Waals surface area contributed by atoms with Gasteiger partial charge in [0.25, 0.3) is 0 Å². The number of rotatable bonds is 4. The predicted octanol–water partition coefficient (Wildman–Crippen LogP) is 2.68. The molecule has 0 fully saturated rings. The molecule has 1 aromatic heterocycles. The van der Waals surface area contributed by atoms with E-state index in [1.54, 1.807) is 25.4 Å². The first kappa shape index (κ1) is 13.4. The number of nitrogens with one attached hydrogen (secondary N) is 1. The molecule has 1 unspecified atom stereocenters. The number of hydrogen-bond donors (Lipinski definition) is 1. The van der Waals surface area contributed by atoms with Gasteiger partial charge >= 0.3 is 0 Å². The van der Waals surface area contributed by atoms with Gasteiger partial charge in [0.1, 0.15) is 11.6 Å². The van der Waals surface area contributed by atoms with Gasteiger partial charge in [-0.25, -0.2) is 13.8 Å². The van der Waals surface area contributed by atoms with Gasteiger partial charge in [0.15, 0.2) is 0 Å². The number of methoxy groups -OCH3 is 1. The number of halogens is 2. The number of aromatic nitrogens is 1. The molecule has 1 aromatic carbocycles. The number of pyridine rings is 1. The molecule has 2 rings (SSSR count). The molecule has 0 aliphatic heterocycles. The number of ether oxygens (including phenoxy) is 1. The minimum absolute atomic E-state index is 0.395. The zero-order chi connectivity index (χ0) is 13.8. The smallest absolute Gasteiger partial charge is 0.218 e. The summed E-state index contributed by atoms with van der Waals surface area (Å²) in [4.78, 5) is 4.09. The van der Waals surface area contributed by atoms with Crippen LogP contribution in [-0.2, 0) is 0 Å². The number of hydrogen-bond acceptors (Lipinski definition) is 3. The minimum atomic E-state index is -0.613. The molecule has 0 amide bonds. The van der Waals surface area contributed by atoms with Crippen LogP contribution in [-0.4, -0.2) is 19.1 Å². The van der Waals surface area contributed by atoms with Crippen molar-refractivity contribution in [1.29, 1.82) is 0 Å². The Kier molecular flexibility index (Phi) is 4.06. The Labute approximate surface area is 110 Å². The summed E-state index contributed by atoms with van der Waals surface area (Å²) < 4.78 is 31.8. The monoisotopic (exact) mass is 264 g/mol. The van der Waals surface area contributed by atoms with Crippen molar-refractivity contribution in [2.75, 3.05) is 14.2 Å². The molecule has 1 atom stereocenters. The van der Waals surface area contributed by atoms with Crippen LogP contribution in [0.15, 0.2) is 36.5 Å². The summed E-state index contributed by atoms with van der Waals surface area (Å²) in [5, 5.41) is 3.01. The normalized spacial score (nSPS) is 12.2. The Morgan fingerprint density at radius 1 is 1.21 bits per heavy atom. The van der Waals surface area contributed by atoms with E-state index in [1.807, 2.05) is 0 Å². The van der Waals surface area contributed by atoms with E-state index in [-0.39, 0.29) is 0 Å². The predicted molar refractivity (Wildman–Crippen MR) is 68.0 cm³/mol. The minimum Gasteiger partial charge on any atom is -0.481 e. The van der Waals surface area contributed by atoms with Gasteiger partial charge in [0.2, 0.25) is 5.88 Å². The second-order valence-corrected chi connectivity index (χ2v) is 4.03. The van der Waals surface area contributed by atoms with Crippen LogP contribution >= 0.6 is 0 Å². The number of benzene rings is 1. The first-order valence-electron chi connectivity index (χ1n) is 5.78. The topological polar surface area (TPSA) is 34.2 Å². The maximum atomic E-state index is 13.3. The van der Waals surface area contributed by atoms with Crippen molar-refractivity contribution in [3.8, 4) is 5.88 Å². The van der Waals surface area contributed by atoms with E-state index >= 15 is 0 Å². The van der Waals surface area contributed by atoms with Crippen LogP contribution in [0.25, 0.3) is 0 Å². The van der Waals surface area contributed by atoms with Gasteiger partial charge in [-0.05, 0) is 30.8 Å². The lowest BCUT2D eigenvalue weighted by molar-refractivity contribution is 0.388. The summed E-state index contributed by atoms with van der Waals surface area (Å²) in [6.45, 7) is 0. The van der Waals surface area contributed by atoms with E-state index in [4.69, 9.17) is 4.74 Å². The molecular weight excluding hydrogens is 250 g/mol. The molecule has 0 radical (unpaired) electrons. The molecule has 19 heavy (non-hydrogen) atoms. The van der Waals surface area contributed by atoms with Gasteiger partial charge in [0.05, 0.1) is 13.2 Å². The second-order valence-electron chi connectivity index (χ2n) is 4.03. The quantitative estimate of drug-likeness (QED) is 0.922. The molecule has 3 nitrogen and oxygen atoms in total. The highest BCUT2D eigenvalue weighted by Gasteiger charge is 2.18. The van der Waals surface area contributed by atoms with Crippen molar-refractivity contribution in [3.63, 3.8) is 0 Å². The zero-order valence-corrected chi connectivity index (χ0v) is 10.7. The van der Waals surface area contributed by atoms with E-state index < -0.39 is 17.7 Å². The molecule has 100 valence electrons. The summed E-state index contributed by atoms with van der Waals surface area (Å²) in [7, 11) is 3.21. The maximum absolute atomic E-state index is 13.3. The Hall–Kier alpha value is -2.01. The maximum Gasteiger partial charge on any atom is 0.218 e. The largest absolute Gasteiger partial charge is 0.481 e. The molecule has 0 saturated carbocycles. The third kappa shape index (κ3) is 2.88. The van der Waals surface area contributed by atoms with Crippen LogP contribution in [0, 0.1) is 11.6 Å². The van der Waals surface area contributed by atoms with Gasteiger partial charge in [0, 0.05) is 17.8 Å². The summed E-state index contributed by atoms with van der Waals surface area (Å²) >= 11 is 0. The van der Waals surface area contributed by atoms with Gasteiger partial charge in [-0.1, -0.05) is 6.07 Å². The summed E-state index contributed by atoms with van der Waals surface area (Å²) in [6, 6.07) is 6.58. The first-order valence-corrected chi connectivity index (χ1v) is 5.78. The molecule has 1 N–H and O–H groups in total. The third-order valence-electron chi connectivity index (χ3n) is 2.81. The molecule has 1 heterocycles. The van der Waals surface area contributed by atoms with E-state index in [2.05, 4.69) is 10.3 Å². The Morgan fingerprint density at radius 3 is 2.47 bits per heavy atom. The first-order chi connectivity index (χ1) is 9.15. The summed E-state index contributed by atoms with van der Waals surface area (Å²) in [5.74, 6) is -0.803. The van der Waals surface area contributed by atoms with Crippen molar-refractivity contribution in [3.05, 3.63) is 59.3 Å². The van der Waals surface area contributed by atoms with Crippen LogP contribution in [0.4, 0.5) is 8.78 Å². The van der Waals surface area contributed by atoms with Crippen molar-refractivity contribution < 1.29 is 13.5 Å². The van der Waals surface area contributed by atoms with E-state index in [0.29, 0.717) is 11.4 Å². The molecule has 0 bridgehead atoms. The van der Waals surface area contributed by atoms with E-state index in [9.17, 15) is 8.78 Å². The lowest BCUT2D eigenvalue weighted by Gasteiger charge is -2.19. The van der Waals surface area contributed by atoms with E-state index in [0.717, 1.165) is 11.6 Å². The van der Waals surface area contributed by atoms with Crippen molar-refractivity contribution in [2.24, 2.45) is 0 Å². The number of nitrogens with zero attached hydrogens (tertiary/aromatic N) is 1. The highest BCUT2D eigenvalue weighted by Crippen LogP contribution is 2.28. The molecule has 5 heteroatoms. The molecule has 0 spiro atoms. The Bertz CT molecular complexity index is 555. The van der Waals surface area contributed by atoms with Crippen molar-refractivity contribution in [2.45, 2.75) is 6.04 Å². The highest BCUT2D eigenvalue weighted by molar-refractivity contribution is 5.37. The summed E-state index contributed by atoms with van der Waals surface area (Å²) in [6.07, 6.45) is 1.60. The van der Waals surface area contributed by atoms with Crippen molar-refractivity contribution in [1.82, 2.24) is 10.3 Å². The van der Waals surface area contributed by atoms with Crippen LogP contribution in [0.2, 0.25) is 0 Å². The fourth-order valence-electron chi connectivity index (χ4n) is 2.04. The molecule has 2 aromatic rings. The van der Waals surface area contributed by atoms with Crippen molar-refractivity contribution >= 4 is 0 Å². The van der Waals surface area contributed by atoms with Crippen LogP contribution in [0.5, 0.6) is 5.88 Å². The average molecular weight is 264 g/mol.